The zero-order valence-electron chi connectivity index (χ0n) is 9.48. The van der Waals surface area contributed by atoms with Gasteiger partial charge in [-0.1, -0.05) is 30.3 Å². The van der Waals surface area contributed by atoms with E-state index in [9.17, 15) is 4.79 Å². The lowest BCUT2D eigenvalue weighted by atomic mass is 10.1. The highest BCUT2D eigenvalue weighted by molar-refractivity contribution is 5.80. The Bertz CT molecular complexity index is 350. The summed E-state index contributed by atoms with van der Waals surface area (Å²) in [5.74, 6) is -0.111. The van der Waals surface area contributed by atoms with Gasteiger partial charge in [0, 0.05) is 6.04 Å². The number of benzene rings is 1. The smallest absolute Gasteiger partial charge is 0.324 e. The van der Waals surface area contributed by atoms with Gasteiger partial charge in [0.15, 0.2) is 0 Å². The van der Waals surface area contributed by atoms with Crippen molar-refractivity contribution in [3.05, 3.63) is 35.9 Å². The van der Waals surface area contributed by atoms with Crippen LogP contribution in [0.4, 0.5) is 0 Å². The largest absolute Gasteiger partial charge is 0.465 e. The van der Waals surface area contributed by atoms with E-state index in [-0.39, 0.29) is 12.0 Å². The normalized spacial score (nSPS) is 22.8. The number of hydrogen-bond acceptors (Lipinski definition) is 3. The molecule has 86 valence electrons. The van der Waals surface area contributed by atoms with E-state index in [0.29, 0.717) is 12.6 Å². The van der Waals surface area contributed by atoms with E-state index in [0.717, 1.165) is 12.8 Å². The summed E-state index contributed by atoms with van der Waals surface area (Å²) in [7, 11) is 0. The Morgan fingerprint density at radius 2 is 2.12 bits per heavy atom. The van der Waals surface area contributed by atoms with Crippen LogP contribution in [0.25, 0.3) is 0 Å². The third-order valence-electron chi connectivity index (χ3n) is 2.81. The number of esters is 1. The second-order valence-corrected chi connectivity index (χ2v) is 4.03. The first-order chi connectivity index (χ1) is 7.81. The Labute approximate surface area is 95.8 Å². The molecule has 1 unspecified atom stereocenters. The fraction of sp³-hybridized carbons (Fsp3) is 0.462. The van der Waals surface area contributed by atoms with E-state index in [1.54, 1.807) is 0 Å². The number of aryl methyl sites for hydroxylation is 1. The summed E-state index contributed by atoms with van der Waals surface area (Å²) < 4.78 is 4.95. The summed E-state index contributed by atoms with van der Waals surface area (Å²) in [6.45, 7) is 2.29. The third-order valence-corrected chi connectivity index (χ3v) is 2.81. The van der Waals surface area contributed by atoms with Crippen LogP contribution in [0.2, 0.25) is 0 Å². The number of ether oxygens (including phenoxy) is 1. The summed E-state index contributed by atoms with van der Waals surface area (Å²) >= 11 is 0. The molecule has 16 heavy (non-hydrogen) atoms. The van der Waals surface area contributed by atoms with E-state index >= 15 is 0 Å². The van der Waals surface area contributed by atoms with Crippen LogP contribution < -0.4 is 5.32 Å². The molecule has 2 rings (SSSR count). The molecule has 3 heteroatoms. The molecule has 1 aromatic carbocycles. The van der Waals surface area contributed by atoms with Gasteiger partial charge in [0.1, 0.15) is 6.04 Å². The molecule has 0 radical (unpaired) electrons. The number of nitrogens with one attached hydrogen (secondary N) is 1. The first-order valence-electron chi connectivity index (χ1n) is 5.78. The van der Waals surface area contributed by atoms with Gasteiger partial charge < -0.3 is 4.74 Å². The Hall–Kier alpha value is -1.35. The Balaban J connectivity index is 1.72. The standard InChI is InChI=1S/C13H17NO2/c1-2-16-13(15)12-11(14-12)9-8-10-6-4-3-5-7-10/h3-7,11-12,14H,2,8-9H2,1H3/t11-,12?/m0/s1. The molecule has 2 atom stereocenters. The number of carbonyl (C=O) groups excluding carboxylic acids is 1. The first-order valence-corrected chi connectivity index (χ1v) is 5.78. The molecule has 0 spiro atoms. The van der Waals surface area contributed by atoms with E-state index in [1.807, 2.05) is 25.1 Å². The summed E-state index contributed by atoms with van der Waals surface area (Å²) in [6, 6.07) is 10.6. The maximum atomic E-state index is 11.3. The van der Waals surface area contributed by atoms with Crippen molar-refractivity contribution in [2.24, 2.45) is 0 Å². The SMILES string of the molecule is CCOC(=O)C1N[C@H]1CCc1ccccc1. The molecule has 1 aromatic rings. The molecule has 0 saturated carbocycles. The molecule has 0 aromatic heterocycles. The second-order valence-electron chi connectivity index (χ2n) is 4.03. The Kier molecular flexibility index (Phi) is 3.57. The molecular weight excluding hydrogens is 202 g/mol. The van der Waals surface area contributed by atoms with Crippen molar-refractivity contribution in [1.29, 1.82) is 0 Å². The van der Waals surface area contributed by atoms with Crippen LogP contribution >= 0.6 is 0 Å². The molecule has 3 nitrogen and oxygen atoms in total. The minimum absolute atomic E-state index is 0.0661. The van der Waals surface area contributed by atoms with Gasteiger partial charge in [0.05, 0.1) is 6.61 Å². The zero-order chi connectivity index (χ0) is 11.4. The first kappa shape index (κ1) is 11.1. The average molecular weight is 219 g/mol. The van der Waals surface area contributed by atoms with Crippen molar-refractivity contribution in [3.63, 3.8) is 0 Å². The maximum Gasteiger partial charge on any atom is 0.324 e. The van der Waals surface area contributed by atoms with Crippen molar-refractivity contribution < 1.29 is 9.53 Å². The lowest BCUT2D eigenvalue weighted by Crippen LogP contribution is -2.15. The van der Waals surface area contributed by atoms with Gasteiger partial charge >= 0.3 is 5.97 Å². The molecule has 1 N–H and O–H groups in total. The minimum atomic E-state index is -0.111. The van der Waals surface area contributed by atoms with Crippen LogP contribution in [0, 0.1) is 0 Å². The molecule has 0 aliphatic carbocycles. The molecule has 1 aliphatic rings. The van der Waals surface area contributed by atoms with Gasteiger partial charge in [-0.2, -0.15) is 0 Å². The van der Waals surface area contributed by atoms with Crippen LogP contribution in [0.5, 0.6) is 0 Å². The van der Waals surface area contributed by atoms with Gasteiger partial charge in [0.2, 0.25) is 0 Å². The van der Waals surface area contributed by atoms with Crippen molar-refractivity contribution in [3.8, 4) is 0 Å². The highest BCUT2D eigenvalue weighted by atomic mass is 16.5. The topological polar surface area (TPSA) is 48.2 Å². The van der Waals surface area contributed by atoms with Crippen molar-refractivity contribution >= 4 is 5.97 Å². The molecule has 1 fully saturated rings. The highest BCUT2D eigenvalue weighted by Gasteiger charge is 2.42. The molecule has 0 amide bonds. The van der Waals surface area contributed by atoms with Crippen molar-refractivity contribution in [2.75, 3.05) is 6.61 Å². The van der Waals surface area contributed by atoms with Crippen LogP contribution in [0.1, 0.15) is 18.9 Å². The van der Waals surface area contributed by atoms with Crippen LogP contribution in [0.15, 0.2) is 30.3 Å². The lowest BCUT2D eigenvalue weighted by Gasteiger charge is -2.00. The summed E-state index contributed by atoms with van der Waals surface area (Å²) in [5, 5.41) is 3.15. The van der Waals surface area contributed by atoms with Gasteiger partial charge in [-0.3, -0.25) is 10.1 Å². The van der Waals surface area contributed by atoms with E-state index in [4.69, 9.17) is 4.74 Å². The van der Waals surface area contributed by atoms with Gasteiger partial charge in [-0.15, -0.1) is 0 Å². The number of hydrogen-bond donors (Lipinski definition) is 1. The predicted molar refractivity (Wildman–Crippen MR) is 62.1 cm³/mol. The highest BCUT2D eigenvalue weighted by Crippen LogP contribution is 2.18. The van der Waals surface area contributed by atoms with Gasteiger partial charge in [-0.05, 0) is 25.3 Å². The average Bonchev–Trinajstić information content (AvgIpc) is 3.08. The molecule has 1 heterocycles. The summed E-state index contributed by atoms with van der Waals surface area (Å²) in [6.07, 6.45) is 2.00. The predicted octanol–water partition coefficient (Wildman–Crippen LogP) is 1.52. The number of rotatable bonds is 5. The lowest BCUT2D eigenvalue weighted by molar-refractivity contribution is -0.142. The maximum absolute atomic E-state index is 11.3. The third kappa shape index (κ3) is 2.83. The molecule has 0 bridgehead atoms. The van der Waals surface area contributed by atoms with Gasteiger partial charge in [-0.25, -0.2) is 0 Å². The second kappa shape index (κ2) is 5.12. The number of carbonyl (C=O) groups is 1. The fourth-order valence-electron chi connectivity index (χ4n) is 1.86. The summed E-state index contributed by atoms with van der Waals surface area (Å²) in [5.41, 5.74) is 1.32. The summed E-state index contributed by atoms with van der Waals surface area (Å²) in [4.78, 5) is 11.3. The molecular formula is C13H17NO2. The van der Waals surface area contributed by atoms with Crippen molar-refractivity contribution in [1.82, 2.24) is 5.32 Å². The Morgan fingerprint density at radius 1 is 1.38 bits per heavy atom. The van der Waals surface area contributed by atoms with E-state index in [2.05, 4.69) is 17.4 Å². The zero-order valence-corrected chi connectivity index (χ0v) is 9.48. The van der Waals surface area contributed by atoms with Gasteiger partial charge in [0.25, 0.3) is 0 Å². The minimum Gasteiger partial charge on any atom is -0.465 e. The van der Waals surface area contributed by atoms with E-state index < -0.39 is 0 Å². The van der Waals surface area contributed by atoms with Crippen LogP contribution in [-0.4, -0.2) is 24.7 Å². The Morgan fingerprint density at radius 3 is 2.81 bits per heavy atom. The fourth-order valence-corrected chi connectivity index (χ4v) is 1.86. The van der Waals surface area contributed by atoms with E-state index in [1.165, 1.54) is 5.56 Å². The quantitative estimate of drug-likeness (QED) is 0.603. The molecule has 1 saturated heterocycles. The monoisotopic (exact) mass is 219 g/mol. The van der Waals surface area contributed by atoms with Crippen molar-refractivity contribution in [2.45, 2.75) is 31.8 Å². The molecule has 1 aliphatic heterocycles. The van der Waals surface area contributed by atoms with Crippen LogP contribution in [-0.2, 0) is 16.0 Å². The van der Waals surface area contributed by atoms with Crippen LogP contribution in [0.3, 0.4) is 0 Å².